The first-order valence-corrected chi connectivity index (χ1v) is 7.69. The first-order valence-electron chi connectivity index (χ1n) is 5.87. The maximum absolute atomic E-state index is 11.5. The maximum atomic E-state index is 11.5. The van der Waals surface area contributed by atoms with Crippen LogP contribution < -0.4 is 5.32 Å². The monoisotopic (exact) mass is 253 g/mol. The lowest BCUT2D eigenvalue weighted by Gasteiger charge is -2.07. The number of hydrogen-bond acceptors (Lipinski definition) is 5. The van der Waals surface area contributed by atoms with E-state index in [1.54, 1.807) is 6.20 Å². The third kappa shape index (κ3) is 2.32. The molecule has 92 valence electrons. The molecule has 0 radical (unpaired) electrons. The quantitative estimate of drug-likeness (QED) is 0.806. The summed E-state index contributed by atoms with van der Waals surface area (Å²) in [6, 6.07) is 0. The number of nitrogens with zero attached hydrogens (tertiary/aromatic N) is 2. The van der Waals surface area contributed by atoms with Crippen LogP contribution >= 0.6 is 0 Å². The number of rotatable bonds is 2. The molecule has 1 aromatic rings. The molecule has 17 heavy (non-hydrogen) atoms. The molecule has 3 heterocycles. The Morgan fingerprint density at radius 2 is 2.29 bits per heavy atom. The predicted octanol–water partition coefficient (Wildman–Crippen LogP) is 0.0570. The van der Waals surface area contributed by atoms with Crippen molar-refractivity contribution in [3.05, 3.63) is 23.3 Å². The molecule has 6 heteroatoms. The molecule has 1 N–H and O–H groups in total. The first kappa shape index (κ1) is 11.1. The lowest BCUT2D eigenvalue weighted by Crippen LogP contribution is -2.12. The lowest BCUT2D eigenvalue weighted by atomic mass is 10.0. The van der Waals surface area contributed by atoms with E-state index in [9.17, 15) is 8.42 Å². The number of aromatic nitrogens is 2. The lowest BCUT2D eigenvalue weighted by molar-refractivity contribution is 0.560. The molecular weight excluding hydrogens is 238 g/mol. The number of sulfone groups is 1. The van der Waals surface area contributed by atoms with Crippen molar-refractivity contribution in [1.29, 1.82) is 0 Å². The van der Waals surface area contributed by atoms with Gasteiger partial charge >= 0.3 is 0 Å². The fourth-order valence-electron chi connectivity index (χ4n) is 2.47. The van der Waals surface area contributed by atoms with E-state index in [0.29, 0.717) is 11.6 Å². The summed E-state index contributed by atoms with van der Waals surface area (Å²) >= 11 is 0. The summed E-state index contributed by atoms with van der Waals surface area (Å²) < 4.78 is 22.9. The topological polar surface area (TPSA) is 72.0 Å². The molecule has 1 saturated heterocycles. The van der Waals surface area contributed by atoms with Gasteiger partial charge in [0.05, 0.1) is 17.2 Å². The highest BCUT2D eigenvalue weighted by molar-refractivity contribution is 7.90. The summed E-state index contributed by atoms with van der Waals surface area (Å²) in [5.74, 6) is 1.56. The van der Waals surface area contributed by atoms with Crippen LogP contribution in [0.25, 0.3) is 0 Å². The Morgan fingerprint density at radius 3 is 3.06 bits per heavy atom. The van der Waals surface area contributed by atoms with Crippen LogP contribution in [0.1, 0.15) is 23.5 Å². The minimum absolute atomic E-state index is 0.0841. The Bertz CT molecular complexity index is 536. The molecule has 0 spiro atoms. The maximum Gasteiger partial charge on any atom is 0.160 e. The van der Waals surface area contributed by atoms with Gasteiger partial charge in [-0.05, 0) is 25.4 Å². The second kappa shape index (κ2) is 4.03. The van der Waals surface area contributed by atoms with E-state index >= 15 is 0 Å². The average molecular weight is 253 g/mol. The van der Waals surface area contributed by atoms with E-state index < -0.39 is 9.84 Å². The van der Waals surface area contributed by atoms with Gasteiger partial charge in [-0.2, -0.15) is 0 Å². The third-order valence-electron chi connectivity index (χ3n) is 3.37. The normalized spacial score (nSPS) is 26.0. The van der Waals surface area contributed by atoms with Gasteiger partial charge in [-0.15, -0.1) is 0 Å². The Balaban J connectivity index is 1.80. The Labute approximate surface area is 101 Å². The summed E-state index contributed by atoms with van der Waals surface area (Å²) in [5.41, 5.74) is 1.49. The minimum atomic E-state index is -2.96. The van der Waals surface area contributed by atoms with Gasteiger partial charge in [0, 0.05) is 18.2 Å². The van der Waals surface area contributed by atoms with Crippen LogP contribution in [-0.4, -0.2) is 31.5 Å². The summed E-state index contributed by atoms with van der Waals surface area (Å²) in [7, 11) is -2.96. The molecule has 0 aromatic carbocycles. The molecule has 0 saturated carbocycles. The van der Waals surface area contributed by atoms with Gasteiger partial charge in [0.15, 0.2) is 9.84 Å². The van der Waals surface area contributed by atoms with Crippen molar-refractivity contribution >= 4 is 9.84 Å². The zero-order valence-electron chi connectivity index (χ0n) is 9.52. The van der Waals surface area contributed by atoms with E-state index in [1.807, 2.05) is 0 Å². The molecule has 1 fully saturated rings. The van der Waals surface area contributed by atoms with Gasteiger partial charge < -0.3 is 5.32 Å². The highest BCUT2D eigenvalue weighted by Crippen LogP contribution is 2.23. The van der Waals surface area contributed by atoms with Gasteiger partial charge in [0.25, 0.3) is 0 Å². The van der Waals surface area contributed by atoms with Crippen LogP contribution in [-0.2, 0) is 27.8 Å². The fraction of sp³-hybridized carbons (Fsp3) is 0.636. The number of hydrogen-bond donors (Lipinski definition) is 1. The summed E-state index contributed by atoms with van der Waals surface area (Å²) in [4.78, 5) is 8.67. The molecule has 1 unspecified atom stereocenters. The molecule has 3 rings (SSSR count). The molecule has 1 aromatic heterocycles. The van der Waals surface area contributed by atoms with Gasteiger partial charge in [-0.3, -0.25) is 0 Å². The SMILES string of the molecule is O=S1(=O)Cc2cnc(CC3CCNC3)nc2C1. The zero-order chi connectivity index (χ0) is 11.9. The van der Waals surface area contributed by atoms with Crippen LogP contribution in [0, 0.1) is 5.92 Å². The number of fused-ring (bicyclic) bond motifs is 1. The number of nitrogens with one attached hydrogen (secondary N) is 1. The largest absolute Gasteiger partial charge is 0.316 e. The van der Waals surface area contributed by atoms with Crippen LogP contribution in [0.15, 0.2) is 6.20 Å². The van der Waals surface area contributed by atoms with Crippen molar-refractivity contribution in [3.8, 4) is 0 Å². The van der Waals surface area contributed by atoms with Crippen molar-refractivity contribution in [2.75, 3.05) is 13.1 Å². The van der Waals surface area contributed by atoms with Crippen molar-refractivity contribution in [2.45, 2.75) is 24.3 Å². The van der Waals surface area contributed by atoms with Gasteiger partial charge in [0.2, 0.25) is 0 Å². The van der Waals surface area contributed by atoms with Crippen molar-refractivity contribution < 1.29 is 8.42 Å². The molecule has 2 aliphatic heterocycles. The van der Waals surface area contributed by atoms with Crippen molar-refractivity contribution in [2.24, 2.45) is 5.92 Å². The molecule has 2 aliphatic rings. The highest BCUT2D eigenvalue weighted by Gasteiger charge is 2.27. The van der Waals surface area contributed by atoms with Crippen LogP contribution in [0.5, 0.6) is 0 Å². The van der Waals surface area contributed by atoms with Crippen LogP contribution in [0.4, 0.5) is 0 Å². The van der Waals surface area contributed by atoms with Gasteiger partial charge in [0.1, 0.15) is 5.82 Å². The van der Waals surface area contributed by atoms with E-state index in [0.717, 1.165) is 37.3 Å². The summed E-state index contributed by atoms with van der Waals surface area (Å²) in [6.45, 7) is 2.07. The molecular formula is C11H15N3O2S. The summed E-state index contributed by atoms with van der Waals surface area (Å²) in [5, 5.41) is 3.31. The van der Waals surface area contributed by atoms with Crippen molar-refractivity contribution in [1.82, 2.24) is 15.3 Å². The third-order valence-corrected chi connectivity index (χ3v) is 4.83. The summed E-state index contributed by atoms with van der Waals surface area (Å²) in [6.07, 6.45) is 3.68. The van der Waals surface area contributed by atoms with E-state index in [2.05, 4.69) is 15.3 Å². The van der Waals surface area contributed by atoms with Gasteiger partial charge in [-0.1, -0.05) is 0 Å². The Kier molecular flexibility index (Phi) is 2.63. The average Bonchev–Trinajstić information content (AvgIpc) is 2.83. The molecule has 0 bridgehead atoms. The fourth-order valence-corrected chi connectivity index (χ4v) is 3.95. The Hall–Kier alpha value is -1.01. The molecule has 5 nitrogen and oxygen atoms in total. The first-order chi connectivity index (χ1) is 8.12. The van der Waals surface area contributed by atoms with E-state index in [-0.39, 0.29) is 11.5 Å². The molecule has 1 atom stereocenters. The Morgan fingerprint density at radius 1 is 1.41 bits per heavy atom. The van der Waals surface area contributed by atoms with Crippen LogP contribution in [0.3, 0.4) is 0 Å². The highest BCUT2D eigenvalue weighted by atomic mass is 32.2. The van der Waals surface area contributed by atoms with Crippen molar-refractivity contribution in [3.63, 3.8) is 0 Å². The van der Waals surface area contributed by atoms with E-state index in [4.69, 9.17) is 0 Å². The molecule has 0 amide bonds. The second-order valence-electron chi connectivity index (χ2n) is 4.85. The van der Waals surface area contributed by atoms with E-state index in [1.165, 1.54) is 0 Å². The molecule has 0 aliphatic carbocycles. The second-order valence-corrected chi connectivity index (χ2v) is 6.92. The standard InChI is InChI=1S/C11H15N3O2S/c15-17(16)6-9-5-13-11(14-10(9)7-17)3-8-1-2-12-4-8/h5,8,12H,1-4,6-7H2. The smallest absolute Gasteiger partial charge is 0.160 e. The minimum Gasteiger partial charge on any atom is -0.316 e. The zero-order valence-corrected chi connectivity index (χ0v) is 10.3. The predicted molar refractivity (Wildman–Crippen MR) is 63.0 cm³/mol. The van der Waals surface area contributed by atoms with Gasteiger partial charge in [-0.25, -0.2) is 18.4 Å². The van der Waals surface area contributed by atoms with Crippen LogP contribution in [0.2, 0.25) is 0 Å².